The Morgan fingerprint density at radius 2 is 1.92 bits per heavy atom. The second-order valence-electron chi connectivity index (χ2n) is 5.58. The van der Waals surface area contributed by atoms with Crippen molar-refractivity contribution in [3.05, 3.63) is 70.0 Å². The van der Waals surface area contributed by atoms with Crippen molar-refractivity contribution in [2.75, 3.05) is 6.61 Å². The summed E-state index contributed by atoms with van der Waals surface area (Å²) >= 11 is 0. The largest absolute Gasteiger partial charge is 0.477 e. The molecule has 0 heterocycles. The van der Waals surface area contributed by atoms with Gasteiger partial charge in [-0.25, -0.2) is 4.39 Å². The van der Waals surface area contributed by atoms with E-state index in [1.54, 1.807) is 0 Å². The Balaban J connectivity index is 2.00. The molecule has 0 aliphatic heterocycles. The third kappa shape index (κ3) is 5.37. The van der Waals surface area contributed by atoms with Gasteiger partial charge in [-0.05, 0) is 25.0 Å². The maximum absolute atomic E-state index is 13.2. The molecule has 2 aromatic rings. The Morgan fingerprint density at radius 1 is 1.23 bits per heavy atom. The van der Waals surface area contributed by atoms with Gasteiger partial charge in [0.1, 0.15) is 5.82 Å². The van der Waals surface area contributed by atoms with E-state index in [-0.39, 0.29) is 11.5 Å². The minimum atomic E-state index is -0.754. The first-order valence-corrected chi connectivity index (χ1v) is 7.77. The van der Waals surface area contributed by atoms with Crippen molar-refractivity contribution in [1.29, 1.82) is 0 Å². The number of nitro benzene ring substituents is 1. The summed E-state index contributed by atoms with van der Waals surface area (Å²) in [5.74, 6) is -1.96. The summed E-state index contributed by atoms with van der Waals surface area (Å²) in [6.45, 7) is 0.773. The van der Waals surface area contributed by atoms with Gasteiger partial charge in [0.2, 0.25) is 5.75 Å². The maximum Gasteiger partial charge on any atom is 0.311 e. The van der Waals surface area contributed by atoms with E-state index in [1.807, 2.05) is 30.3 Å². The molecular formula is C18H17FN2O5. The second kappa shape index (κ2) is 8.70. The van der Waals surface area contributed by atoms with Crippen LogP contribution in [-0.4, -0.2) is 29.3 Å². The van der Waals surface area contributed by atoms with Gasteiger partial charge < -0.3 is 10.1 Å². The molecule has 0 spiro atoms. The fourth-order valence-electron chi connectivity index (χ4n) is 2.28. The molecule has 0 bridgehead atoms. The monoisotopic (exact) mass is 360 g/mol. The summed E-state index contributed by atoms with van der Waals surface area (Å²) in [4.78, 5) is 34.0. The fraction of sp³-hybridized carbons (Fsp3) is 0.222. The van der Waals surface area contributed by atoms with E-state index < -0.39 is 35.0 Å². The van der Waals surface area contributed by atoms with Gasteiger partial charge in [0.15, 0.2) is 12.4 Å². The minimum Gasteiger partial charge on any atom is -0.477 e. The summed E-state index contributed by atoms with van der Waals surface area (Å²) in [5, 5.41) is 13.4. The van der Waals surface area contributed by atoms with E-state index >= 15 is 0 Å². The molecule has 0 radical (unpaired) electrons. The first-order chi connectivity index (χ1) is 12.4. The SMILES string of the molecule is CC(=O)[C@@H](Cc1ccccc1)NC(=O)COc1cc(F)ccc1[N+](=O)[O-]. The predicted molar refractivity (Wildman–Crippen MR) is 91.3 cm³/mol. The number of nitrogens with one attached hydrogen (secondary N) is 1. The van der Waals surface area contributed by atoms with Crippen LogP contribution in [0.25, 0.3) is 0 Å². The number of nitrogens with zero attached hydrogens (tertiary/aromatic N) is 1. The van der Waals surface area contributed by atoms with Crippen LogP contribution in [0, 0.1) is 15.9 Å². The van der Waals surface area contributed by atoms with Crippen LogP contribution in [0.4, 0.5) is 10.1 Å². The van der Waals surface area contributed by atoms with Crippen molar-refractivity contribution >= 4 is 17.4 Å². The quantitative estimate of drug-likeness (QED) is 0.576. The van der Waals surface area contributed by atoms with Crippen LogP contribution in [0.2, 0.25) is 0 Å². The number of amides is 1. The number of carbonyl (C=O) groups is 2. The molecule has 0 saturated carbocycles. The van der Waals surface area contributed by atoms with Crippen molar-refractivity contribution in [3.8, 4) is 5.75 Å². The Hall–Kier alpha value is -3.29. The zero-order chi connectivity index (χ0) is 19.1. The van der Waals surface area contributed by atoms with E-state index in [0.29, 0.717) is 6.42 Å². The van der Waals surface area contributed by atoms with Crippen molar-refractivity contribution in [2.24, 2.45) is 0 Å². The van der Waals surface area contributed by atoms with Gasteiger partial charge in [-0.1, -0.05) is 30.3 Å². The van der Waals surface area contributed by atoms with Gasteiger partial charge in [0.05, 0.1) is 11.0 Å². The van der Waals surface area contributed by atoms with E-state index in [0.717, 1.165) is 23.8 Å². The molecule has 1 amide bonds. The van der Waals surface area contributed by atoms with Gasteiger partial charge in [-0.2, -0.15) is 0 Å². The molecular weight excluding hydrogens is 343 g/mol. The molecule has 26 heavy (non-hydrogen) atoms. The summed E-state index contributed by atoms with van der Waals surface area (Å²) in [7, 11) is 0. The summed E-state index contributed by atoms with van der Waals surface area (Å²) < 4.78 is 18.3. The van der Waals surface area contributed by atoms with Crippen molar-refractivity contribution in [3.63, 3.8) is 0 Å². The van der Waals surface area contributed by atoms with Crippen LogP contribution < -0.4 is 10.1 Å². The number of nitro groups is 1. The number of carbonyl (C=O) groups excluding carboxylic acids is 2. The van der Waals surface area contributed by atoms with E-state index in [9.17, 15) is 24.1 Å². The number of Topliss-reactive ketones (excluding diaryl/α,β-unsaturated/α-hetero) is 1. The lowest BCUT2D eigenvalue weighted by molar-refractivity contribution is -0.385. The molecule has 7 nitrogen and oxygen atoms in total. The lowest BCUT2D eigenvalue weighted by Gasteiger charge is -2.16. The van der Waals surface area contributed by atoms with Gasteiger partial charge in [0, 0.05) is 12.1 Å². The van der Waals surface area contributed by atoms with Crippen LogP contribution in [0.1, 0.15) is 12.5 Å². The zero-order valence-corrected chi connectivity index (χ0v) is 14.0. The first kappa shape index (κ1) is 19.0. The predicted octanol–water partition coefficient (Wildman–Crippen LogP) is 2.43. The molecule has 0 aliphatic carbocycles. The Labute approximate surface area is 148 Å². The smallest absolute Gasteiger partial charge is 0.311 e. The summed E-state index contributed by atoms with van der Waals surface area (Å²) in [5.41, 5.74) is 0.418. The molecule has 0 aliphatic rings. The number of ketones is 1. The molecule has 2 rings (SSSR count). The number of hydrogen-bond acceptors (Lipinski definition) is 5. The van der Waals surface area contributed by atoms with Gasteiger partial charge >= 0.3 is 5.69 Å². The number of ether oxygens (including phenoxy) is 1. The molecule has 8 heteroatoms. The minimum absolute atomic E-state index is 0.237. The van der Waals surface area contributed by atoms with E-state index in [1.165, 1.54) is 6.92 Å². The normalized spacial score (nSPS) is 11.5. The zero-order valence-electron chi connectivity index (χ0n) is 14.0. The molecule has 0 saturated heterocycles. The summed E-state index contributed by atoms with van der Waals surface area (Å²) in [6, 6.07) is 11.1. The average molecular weight is 360 g/mol. The van der Waals surface area contributed by atoms with Crippen molar-refractivity contribution in [1.82, 2.24) is 5.32 Å². The highest BCUT2D eigenvalue weighted by Gasteiger charge is 2.20. The van der Waals surface area contributed by atoms with Crippen molar-refractivity contribution < 1.29 is 23.6 Å². The number of rotatable bonds is 8. The van der Waals surface area contributed by atoms with Crippen LogP contribution in [0.15, 0.2) is 48.5 Å². The second-order valence-corrected chi connectivity index (χ2v) is 5.58. The van der Waals surface area contributed by atoms with Crippen LogP contribution >= 0.6 is 0 Å². The molecule has 0 aromatic heterocycles. The standard InChI is InChI=1S/C18H17FN2O5/c1-12(22)15(9-13-5-3-2-4-6-13)20-18(23)11-26-17-10-14(19)7-8-16(17)21(24)25/h2-8,10,15H,9,11H2,1H3,(H,20,23)/t15-/m1/s1. The van der Waals surface area contributed by atoms with Gasteiger partial charge in [-0.3, -0.25) is 19.7 Å². The molecule has 2 aromatic carbocycles. The third-order valence-electron chi connectivity index (χ3n) is 3.59. The molecule has 0 fully saturated rings. The topological polar surface area (TPSA) is 98.5 Å². The number of benzene rings is 2. The highest BCUT2D eigenvalue weighted by Crippen LogP contribution is 2.27. The molecule has 0 unspecified atom stereocenters. The molecule has 1 N–H and O–H groups in total. The van der Waals surface area contributed by atoms with Crippen LogP contribution in [0.3, 0.4) is 0 Å². The number of hydrogen-bond donors (Lipinski definition) is 1. The van der Waals surface area contributed by atoms with Crippen molar-refractivity contribution in [2.45, 2.75) is 19.4 Å². The fourth-order valence-corrected chi connectivity index (χ4v) is 2.28. The number of halogens is 1. The van der Waals surface area contributed by atoms with Gasteiger partial charge in [0.25, 0.3) is 5.91 Å². The lowest BCUT2D eigenvalue weighted by Crippen LogP contribution is -2.43. The van der Waals surface area contributed by atoms with E-state index in [4.69, 9.17) is 4.74 Å². The third-order valence-corrected chi connectivity index (χ3v) is 3.59. The molecule has 136 valence electrons. The Bertz CT molecular complexity index is 810. The Morgan fingerprint density at radius 3 is 2.54 bits per heavy atom. The lowest BCUT2D eigenvalue weighted by atomic mass is 10.0. The van der Waals surface area contributed by atoms with Crippen LogP contribution in [0.5, 0.6) is 5.75 Å². The highest BCUT2D eigenvalue weighted by atomic mass is 19.1. The highest BCUT2D eigenvalue weighted by molar-refractivity contribution is 5.88. The summed E-state index contributed by atoms with van der Waals surface area (Å²) in [6.07, 6.45) is 0.308. The Kier molecular flexibility index (Phi) is 6.37. The first-order valence-electron chi connectivity index (χ1n) is 7.77. The van der Waals surface area contributed by atoms with E-state index in [2.05, 4.69) is 5.32 Å². The van der Waals surface area contributed by atoms with Crippen LogP contribution in [-0.2, 0) is 16.0 Å². The maximum atomic E-state index is 13.2. The molecule has 1 atom stereocenters. The average Bonchev–Trinajstić information content (AvgIpc) is 2.60. The van der Waals surface area contributed by atoms with Gasteiger partial charge in [-0.15, -0.1) is 0 Å².